The van der Waals surface area contributed by atoms with E-state index in [1.165, 1.54) is 12.1 Å². The zero-order valence-electron chi connectivity index (χ0n) is 11.2. The summed E-state index contributed by atoms with van der Waals surface area (Å²) in [6.45, 7) is 7.41. The SMILES string of the molecule is CC(Nc1cc(N)cc(F)c1)C(=O)NC(C)(C)C. The standard InChI is InChI=1S/C13H20FN3O/c1-8(12(18)17-13(2,3)4)16-11-6-9(14)5-10(15)7-11/h5-8,16H,15H2,1-4H3,(H,17,18). The number of carbonyl (C=O) groups is 1. The minimum Gasteiger partial charge on any atom is -0.399 e. The number of halogens is 1. The van der Waals surface area contributed by atoms with Gasteiger partial charge in [0.2, 0.25) is 5.91 Å². The molecule has 0 radical (unpaired) electrons. The second-order valence-corrected chi connectivity index (χ2v) is 5.38. The van der Waals surface area contributed by atoms with E-state index in [-0.39, 0.29) is 11.4 Å². The topological polar surface area (TPSA) is 67.1 Å². The van der Waals surface area contributed by atoms with E-state index < -0.39 is 11.9 Å². The number of carbonyl (C=O) groups excluding carboxylic acids is 1. The van der Waals surface area contributed by atoms with Gasteiger partial charge in [-0.1, -0.05) is 0 Å². The lowest BCUT2D eigenvalue weighted by molar-refractivity contribution is -0.122. The Labute approximate surface area is 107 Å². The van der Waals surface area contributed by atoms with Crippen LogP contribution in [0.4, 0.5) is 15.8 Å². The number of nitrogens with two attached hydrogens (primary N) is 1. The predicted octanol–water partition coefficient (Wildman–Crippen LogP) is 2.12. The molecule has 1 rings (SSSR count). The molecule has 18 heavy (non-hydrogen) atoms. The number of rotatable bonds is 3. The minimum absolute atomic E-state index is 0.148. The van der Waals surface area contributed by atoms with Gasteiger partial charge >= 0.3 is 0 Å². The van der Waals surface area contributed by atoms with Crippen LogP contribution in [0.2, 0.25) is 0 Å². The Hall–Kier alpha value is -1.78. The lowest BCUT2D eigenvalue weighted by atomic mass is 10.1. The minimum atomic E-state index is -0.467. The average molecular weight is 253 g/mol. The Balaban J connectivity index is 2.69. The van der Waals surface area contributed by atoms with Crippen molar-refractivity contribution in [1.29, 1.82) is 0 Å². The lowest BCUT2D eigenvalue weighted by Gasteiger charge is -2.24. The Kier molecular flexibility index (Phi) is 4.16. The van der Waals surface area contributed by atoms with Gasteiger partial charge < -0.3 is 16.4 Å². The van der Waals surface area contributed by atoms with Gasteiger partial charge in [0.1, 0.15) is 11.9 Å². The van der Waals surface area contributed by atoms with Crippen molar-refractivity contribution in [3.8, 4) is 0 Å². The first-order chi connectivity index (χ1) is 8.17. The Morgan fingerprint density at radius 3 is 2.44 bits per heavy atom. The van der Waals surface area contributed by atoms with Crippen molar-refractivity contribution in [2.24, 2.45) is 0 Å². The Bertz CT molecular complexity index is 420. The van der Waals surface area contributed by atoms with Crippen molar-refractivity contribution in [2.45, 2.75) is 39.3 Å². The summed E-state index contributed by atoms with van der Waals surface area (Å²) in [4.78, 5) is 11.8. The maximum absolute atomic E-state index is 13.1. The van der Waals surface area contributed by atoms with Crippen LogP contribution < -0.4 is 16.4 Å². The zero-order chi connectivity index (χ0) is 13.9. The summed E-state index contributed by atoms with van der Waals surface area (Å²) >= 11 is 0. The molecule has 0 fully saturated rings. The number of nitrogen functional groups attached to an aromatic ring is 1. The summed E-state index contributed by atoms with van der Waals surface area (Å²) in [7, 11) is 0. The summed E-state index contributed by atoms with van der Waals surface area (Å²) < 4.78 is 13.1. The molecule has 1 amide bonds. The van der Waals surface area contributed by atoms with E-state index in [4.69, 9.17) is 5.73 Å². The number of benzene rings is 1. The molecule has 0 saturated carbocycles. The fraction of sp³-hybridized carbons (Fsp3) is 0.462. The highest BCUT2D eigenvalue weighted by atomic mass is 19.1. The van der Waals surface area contributed by atoms with Crippen LogP contribution in [0.15, 0.2) is 18.2 Å². The normalized spacial score (nSPS) is 12.9. The molecule has 100 valence electrons. The quantitative estimate of drug-likeness (QED) is 0.723. The van der Waals surface area contributed by atoms with Crippen molar-refractivity contribution in [3.63, 3.8) is 0 Å². The number of hydrogen-bond acceptors (Lipinski definition) is 3. The van der Waals surface area contributed by atoms with E-state index in [9.17, 15) is 9.18 Å². The molecule has 5 heteroatoms. The van der Waals surface area contributed by atoms with Crippen LogP contribution in [0, 0.1) is 5.82 Å². The van der Waals surface area contributed by atoms with Gasteiger partial charge in [-0.05, 0) is 45.9 Å². The van der Waals surface area contributed by atoms with E-state index in [1.807, 2.05) is 20.8 Å². The van der Waals surface area contributed by atoms with Gasteiger partial charge in [-0.3, -0.25) is 4.79 Å². The fourth-order valence-electron chi connectivity index (χ4n) is 1.49. The lowest BCUT2D eigenvalue weighted by Crippen LogP contribution is -2.47. The number of amides is 1. The van der Waals surface area contributed by atoms with E-state index in [0.29, 0.717) is 11.4 Å². The molecule has 0 bridgehead atoms. The molecule has 0 saturated heterocycles. The van der Waals surface area contributed by atoms with Crippen LogP contribution in [0.5, 0.6) is 0 Å². The second kappa shape index (κ2) is 5.25. The van der Waals surface area contributed by atoms with E-state index in [0.717, 1.165) is 0 Å². The van der Waals surface area contributed by atoms with Gasteiger partial charge in [-0.2, -0.15) is 0 Å². The maximum atomic E-state index is 13.1. The fourth-order valence-corrected chi connectivity index (χ4v) is 1.49. The largest absolute Gasteiger partial charge is 0.399 e. The zero-order valence-corrected chi connectivity index (χ0v) is 11.2. The van der Waals surface area contributed by atoms with Crippen molar-refractivity contribution < 1.29 is 9.18 Å². The molecule has 4 nitrogen and oxygen atoms in total. The van der Waals surface area contributed by atoms with Crippen LogP contribution in [0.25, 0.3) is 0 Å². The van der Waals surface area contributed by atoms with Gasteiger partial charge in [-0.15, -0.1) is 0 Å². The van der Waals surface area contributed by atoms with Crippen LogP contribution >= 0.6 is 0 Å². The summed E-state index contributed by atoms with van der Waals surface area (Å²) in [5.41, 5.74) is 6.05. The van der Waals surface area contributed by atoms with Crippen molar-refractivity contribution in [1.82, 2.24) is 5.32 Å². The number of hydrogen-bond donors (Lipinski definition) is 3. The molecule has 1 atom stereocenters. The molecule has 0 spiro atoms. The van der Waals surface area contributed by atoms with Crippen molar-refractivity contribution in [3.05, 3.63) is 24.0 Å². The van der Waals surface area contributed by atoms with E-state index >= 15 is 0 Å². The van der Waals surface area contributed by atoms with Gasteiger partial charge in [-0.25, -0.2) is 4.39 Å². The third-order valence-corrected chi connectivity index (χ3v) is 2.19. The Morgan fingerprint density at radius 2 is 1.94 bits per heavy atom. The highest BCUT2D eigenvalue weighted by Crippen LogP contribution is 2.16. The first-order valence-electron chi connectivity index (χ1n) is 5.82. The molecule has 1 aromatic carbocycles. The van der Waals surface area contributed by atoms with E-state index in [2.05, 4.69) is 10.6 Å². The van der Waals surface area contributed by atoms with Crippen molar-refractivity contribution >= 4 is 17.3 Å². The van der Waals surface area contributed by atoms with Gasteiger partial charge in [0.05, 0.1) is 0 Å². The predicted molar refractivity (Wildman–Crippen MR) is 71.8 cm³/mol. The first-order valence-corrected chi connectivity index (χ1v) is 5.82. The summed E-state index contributed by atoms with van der Waals surface area (Å²) in [5, 5.41) is 5.76. The van der Waals surface area contributed by atoms with Crippen LogP contribution in [-0.4, -0.2) is 17.5 Å². The second-order valence-electron chi connectivity index (χ2n) is 5.38. The summed E-state index contributed by atoms with van der Waals surface area (Å²) in [6.07, 6.45) is 0. The molecule has 0 aliphatic rings. The molecule has 0 aliphatic heterocycles. The van der Waals surface area contributed by atoms with Crippen molar-refractivity contribution in [2.75, 3.05) is 11.1 Å². The van der Waals surface area contributed by atoms with Gasteiger partial charge in [0.15, 0.2) is 0 Å². The number of nitrogens with one attached hydrogen (secondary N) is 2. The Morgan fingerprint density at radius 1 is 1.33 bits per heavy atom. The third-order valence-electron chi connectivity index (χ3n) is 2.19. The highest BCUT2D eigenvalue weighted by Gasteiger charge is 2.19. The van der Waals surface area contributed by atoms with Gasteiger partial charge in [0, 0.05) is 16.9 Å². The van der Waals surface area contributed by atoms with Crippen LogP contribution in [0.1, 0.15) is 27.7 Å². The number of anilines is 2. The summed E-state index contributed by atoms with van der Waals surface area (Å²) in [6, 6.07) is 3.65. The third kappa shape index (κ3) is 4.61. The smallest absolute Gasteiger partial charge is 0.242 e. The average Bonchev–Trinajstić information content (AvgIpc) is 2.12. The molecule has 0 aromatic heterocycles. The maximum Gasteiger partial charge on any atom is 0.242 e. The molecule has 0 aliphatic carbocycles. The van der Waals surface area contributed by atoms with Crippen LogP contribution in [0.3, 0.4) is 0 Å². The molecule has 1 aromatic rings. The monoisotopic (exact) mass is 253 g/mol. The van der Waals surface area contributed by atoms with Crippen LogP contribution in [-0.2, 0) is 4.79 Å². The highest BCUT2D eigenvalue weighted by molar-refractivity contribution is 5.84. The van der Waals surface area contributed by atoms with E-state index in [1.54, 1.807) is 13.0 Å². The molecule has 4 N–H and O–H groups in total. The molecular weight excluding hydrogens is 233 g/mol. The molecular formula is C13H20FN3O. The molecule has 0 heterocycles. The van der Waals surface area contributed by atoms with Gasteiger partial charge in [0.25, 0.3) is 0 Å². The molecule has 1 unspecified atom stereocenters. The first kappa shape index (κ1) is 14.3. The summed E-state index contributed by atoms with van der Waals surface area (Å²) in [5.74, 6) is -0.578.